The summed E-state index contributed by atoms with van der Waals surface area (Å²) in [6.45, 7) is 6.34. The van der Waals surface area contributed by atoms with Gasteiger partial charge in [-0.05, 0) is 19.8 Å². The normalized spacial score (nSPS) is 13.8. The number of carbonyl (C=O) groups is 3. The number of amides is 1. The second-order valence-corrected chi connectivity index (χ2v) is 5.42. The van der Waals surface area contributed by atoms with E-state index < -0.39 is 36.5 Å². The van der Waals surface area contributed by atoms with E-state index in [1.165, 1.54) is 6.92 Å². The standard InChI is InChI=1S/C15H25N3O7/c1-5-23-14(21)12(7-6-11(19)8-17-16)18-15(22)25-10(4)24-13(20)9(2)3/h8-12,19H,5-7H2,1-4H3,(H,18,22)/t10?,11?,12-/m0/s1. The van der Waals surface area contributed by atoms with Crippen LogP contribution in [0.3, 0.4) is 0 Å². The fourth-order valence-corrected chi connectivity index (χ4v) is 1.63. The summed E-state index contributed by atoms with van der Waals surface area (Å²) >= 11 is 0. The lowest BCUT2D eigenvalue weighted by atomic mass is 10.1. The first kappa shape index (κ1) is 22.6. The van der Waals surface area contributed by atoms with Gasteiger partial charge in [0.1, 0.15) is 12.1 Å². The van der Waals surface area contributed by atoms with Gasteiger partial charge in [-0.15, -0.1) is 0 Å². The van der Waals surface area contributed by atoms with E-state index in [0.717, 1.165) is 6.21 Å². The molecular weight excluding hydrogens is 334 g/mol. The first-order valence-electron chi connectivity index (χ1n) is 7.91. The molecule has 10 nitrogen and oxygen atoms in total. The quantitative estimate of drug-likeness (QED) is 0.191. The smallest absolute Gasteiger partial charge is 0.410 e. The van der Waals surface area contributed by atoms with Gasteiger partial charge in [0, 0.05) is 6.92 Å². The van der Waals surface area contributed by atoms with Gasteiger partial charge >= 0.3 is 18.0 Å². The number of aliphatic hydroxyl groups is 1. The summed E-state index contributed by atoms with van der Waals surface area (Å²) in [5.74, 6) is -1.62. The number of aliphatic hydroxyl groups excluding tert-OH is 1. The molecule has 0 heterocycles. The van der Waals surface area contributed by atoms with Crippen molar-refractivity contribution in [3.05, 3.63) is 5.53 Å². The Bertz CT molecular complexity index is 503. The van der Waals surface area contributed by atoms with Gasteiger partial charge in [0.15, 0.2) is 0 Å². The molecule has 0 fully saturated rings. The summed E-state index contributed by atoms with van der Waals surface area (Å²) in [5.41, 5.74) is 8.34. The maximum Gasteiger partial charge on any atom is 0.410 e. The van der Waals surface area contributed by atoms with Crippen molar-refractivity contribution in [2.75, 3.05) is 6.61 Å². The van der Waals surface area contributed by atoms with Gasteiger partial charge < -0.3 is 30.2 Å². The van der Waals surface area contributed by atoms with Crippen LogP contribution in [0.4, 0.5) is 4.79 Å². The summed E-state index contributed by atoms with van der Waals surface area (Å²) in [4.78, 5) is 37.8. The molecule has 142 valence electrons. The highest BCUT2D eigenvalue weighted by Gasteiger charge is 2.25. The van der Waals surface area contributed by atoms with Crippen LogP contribution in [0.15, 0.2) is 0 Å². The van der Waals surface area contributed by atoms with Crippen LogP contribution in [0.2, 0.25) is 0 Å². The van der Waals surface area contributed by atoms with E-state index >= 15 is 0 Å². The Morgan fingerprint density at radius 3 is 2.32 bits per heavy atom. The number of nitrogens with zero attached hydrogens (tertiary/aromatic N) is 2. The number of alkyl carbamates (subject to hydrolysis) is 1. The molecule has 10 heteroatoms. The highest BCUT2D eigenvalue weighted by molar-refractivity contribution is 5.81. The molecular formula is C15H25N3O7. The van der Waals surface area contributed by atoms with Crippen molar-refractivity contribution in [2.45, 2.75) is 59.0 Å². The lowest BCUT2D eigenvalue weighted by Gasteiger charge is -2.20. The minimum Gasteiger partial charge on any atom is -0.464 e. The third kappa shape index (κ3) is 10.1. The number of carbonyl (C=O) groups excluding carboxylic acids is 3. The van der Waals surface area contributed by atoms with Gasteiger partial charge in [0.05, 0.1) is 12.5 Å². The van der Waals surface area contributed by atoms with Gasteiger partial charge in [-0.25, -0.2) is 9.59 Å². The molecule has 0 bridgehead atoms. The Kier molecular flexibility index (Phi) is 10.8. The van der Waals surface area contributed by atoms with Crippen molar-refractivity contribution in [1.29, 1.82) is 0 Å². The number of hydrogen-bond donors (Lipinski definition) is 2. The predicted molar refractivity (Wildman–Crippen MR) is 85.4 cm³/mol. The molecule has 0 aromatic rings. The molecule has 0 rings (SSSR count). The van der Waals surface area contributed by atoms with E-state index in [-0.39, 0.29) is 25.4 Å². The van der Waals surface area contributed by atoms with Crippen LogP contribution in [-0.2, 0) is 23.8 Å². The number of rotatable bonds is 10. The summed E-state index contributed by atoms with van der Waals surface area (Å²) in [6, 6.07) is -1.08. The first-order valence-corrected chi connectivity index (χ1v) is 7.91. The highest BCUT2D eigenvalue weighted by atomic mass is 16.7. The van der Waals surface area contributed by atoms with E-state index in [1.807, 2.05) is 0 Å². The average Bonchev–Trinajstić information content (AvgIpc) is 2.51. The van der Waals surface area contributed by atoms with E-state index in [1.54, 1.807) is 20.8 Å². The molecule has 2 N–H and O–H groups in total. The Morgan fingerprint density at radius 1 is 1.16 bits per heavy atom. The molecule has 3 atom stereocenters. The Morgan fingerprint density at radius 2 is 1.80 bits per heavy atom. The number of ether oxygens (including phenoxy) is 3. The molecule has 1 amide bonds. The monoisotopic (exact) mass is 359 g/mol. The highest BCUT2D eigenvalue weighted by Crippen LogP contribution is 2.06. The topological polar surface area (TPSA) is 148 Å². The molecule has 0 aliphatic carbocycles. The Hall–Kier alpha value is -2.45. The zero-order valence-electron chi connectivity index (χ0n) is 14.8. The minimum absolute atomic E-state index is 0.0152. The molecule has 0 radical (unpaired) electrons. The van der Waals surface area contributed by atoms with Gasteiger partial charge in [-0.1, -0.05) is 13.8 Å². The summed E-state index contributed by atoms with van der Waals surface area (Å²) < 4.78 is 14.6. The average molecular weight is 359 g/mol. The summed E-state index contributed by atoms with van der Waals surface area (Å²) in [5, 5.41) is 11.8. The number of esters is 2. The zero-order chi connectivity index (χ0) is 19.4. The van der Waals surface area contributed by atoms with Crippen LogP contribution in [0.1, 0.15) is 40.5 Å². The second-order valence-electron chi connectivity index (χ2n) is 5.42. The fraction of sp³-hybridized carbons (Fsp3) is 0.733. The van der Waals surface area contributed by atoms with E-state index in [9.17, 15) is 19.5 Å². The largest absolute Gasteiger partial charge is 0.464 e. The molecule has 0 saturated heterocycles. The first-order chi connectivity index (χ1) is 11.7. The van der Waals surface area contributed by atoms with Crippen LogP contribution in [0, 0.1) is 5.92 Å². The van der Waals surface area contributed by atoms with Gasteiger partial charge in [0.25, 0.3) is 6.21 Å². The van der Waals surface area contributed by atoms with Gasteiger partial charge in [-0.2, -0.15) is 4.79 Å². The van der Waals surface area contributed by atoms with Crippen molar-refractivity contribution in [1.82, 2.24) is 5.32 Å². The van der Waals surface area contributed by atoms with Crippen LogP contribution in [0.25, 0.3) is 5.53 Å². The van der Waals surface area contributed by atoms with Gasteiger partial charge in [0.2, 0.25) is 6.29 Å². The third-order valence-electron chi connectivity index (χ3n) is 2.88. The third-order valence-corrected chi connectivity index (χ3v) is 2.88. The fourth-order valence-electron chi connectivity index (χ4n) is 1.63. The molecule has 25 heavy (non-hydrogen) atoms. The van der Waals surface area contributed by atoms with Crippen LogP contribution in [0.5, 0.6) is 0 Å². The lowest BCUT2D eigenvalue weighted by molar-refractivity contribution is -0.169. The Balaban J connectivity index is 4.65. The predicted octanol–water partition coefficient (Wildman–Crippen LogP) is 0.631. The van der Waals surface area contributed by atoms with E-state index in [2.05, 4.69) is 10.1 Å². The lowest BCUT2D eigenvalue weighted by Crippen LogP contribution is -2.44. The van der Waals surface area contributed by atoms with Crippen LogP contribution < -0.4 is 5.32 Å². The second kappa shape index (κ2) is 12.0. The van der Waals surface area contributed by atoms with Crippen molar-refractivity contribution in [3.63, 3.8) is 0 Å². The molecule has 0 aromatic carbocycles. The van der Waals surface area contributed by atoms with Crippen molar-refractivity contribution >= 4 is 24.2 Å². The molecule has 2 unspecified atom stereocenters. The summed E-state index contributed by atoms with van der Waals surface area (Å²) in [7, 11) is 0. The molecule has 0 aromatic heterocycles. The van der Waals surface area contributed by atoms with E-state index in [4.69, 9.17) is 19.7 Å². The zero-order valence-corrected chi connectivity index (χ0v) is 14.8. The molecule has 0 saturated carbocycles. The van der Waals surface area contributed by atoms with Crippen molar-refractivity contribution in [3.8, 4) is 0 Å². The van der Waals surface area contributed by atoms with Gasteiger partial charge in [-0.3, -0.25) is 4.79 Å². The maximum atomic E-state index is 11.9. The van der Waals surface area contributed by atoms with Crippen LogP contribution >= 0.6 is 0 Å². The van der Waals surface area contributed by atoms with Crippen LogP contribution in [-0.4, -0.2) is 59.2 Å². The molecule has 0 spiro atoms. The molecule has 0 aliphatic rings. The summed E-state index contributed by atoms with van der Waals surface area (Å²) in [6.07, 6.45) is -2.27. The van der Waals surface area contributed by atoms with Crippen molar-refractivity contribution < 1.29 is 38.5 Å². The number of nitrogens with one attached hydrogen (secondary N) is 1. The maximum absolute atomic E-state index is 11.9. The number of hydrogen-bond acceptors (Lipinski definition) is 7. The molecule has 0 aliphatic heterocycles. The van der Waals surface area contributed by atoms with E-state index in [0.29, 0.717) is 0 Å². The van der Waals surface area contributed by atoms with Crippen molar-refractivity contribution in [2.24, 2.45) is 5.92 Å². The Labute approximate surface area is 146 Å². The minimum atomic E-state index is -1.13. The SMILES string of the molecule is CCOC(=O)[C@H](CCC(O)C=[N+]=[N-])NC(=O)OC(C)OC(=O)C(C)C.